The van der Waals surface area contributed by atoms with Crippen molar-refractivity contribution in [3.63, 3.8) is 0 Å². The van der Waals surface area contributed by atoms with E-state index in [1.54, 1.807) is 13.0 Å². The van der Waals surface area contributed by atoms with Gasteiger partial charge in [-0.25, -0.2) is 4.39 Å². The molecule has 0 aliphatic carbocycles. The number of ether oxygens (including phenoxy) is 2. The van der Waals surface area contributed by atoms with Gasteiger partial charge in [0.1, 0.15) is 16.7 Å². The summed E-state index contributed by atoms with van der Waals surface area (Å²) in [5.74, 6) is 0.0528. The van der Waals surface area contributed by atoms with E-state index in [2.05, 4.69) is 9.47 Å². The molecule has 0 spiro atoms. The number of benzene rings is 2. The molecule has 0 amide bonds. The van der Waals surface area contributed by atoms with Crippen LogP contribution in [-0.4, -0.2) is 36.8 Å². The van der Waals surface area contributed by atoms with Crippen LogP contribution < -0.4 is 9.64 Å². The van der Waals surface area contributed by atoms with Crippen molar-refractivity contribution < 1.29 is 18.7 Å². The second-order valence-electron chi connectivity index (χ2n) is 7.98. The number of carbonyl (C=O) groups excluding carboxylic acids is 1. The monoisotopic (exact) mass is 458 g/mol. The molecule has 2 heterocycles. The summed E-state index contributed by atoms with van der Waals surface area (Å²) in [6, 6.07) is 13.2. The molecule has 4 rings (SSSR count). The molecule has 0 saturated carbocycles. The molecular formula is C25H28ClFN2O3. The summed E-state index contributed by atoms with van der Waals surface area (Å²) in [6.07, 6.45) is 1.93. The Hall–Kier alpha value is -2.73. The molecular weight excluding hydrogens is 431 g/mol. The average Bonchev–Trinajstić information content (AvgIpc) is 3.09. The van der Waals surface area contributed by atoms with Crippen LogP contribution in [-0.2, 0) is 16.0 Å². The maximum Gasteiger partial charge on any atom is 0.310 e. The molecule has 2 aromatic carbocycles. The summed E-state index contributed by atoms with van der Waals surface area (Å²) in [4.78, 5) is 14.0. The minimum absolute atomic E-state index is 0.208. The van der Waals surface area contributed by atoms with Crippen molar-refractivity contribution in [2.45, 2.75) is 39.2 Å². The van der Waals surface area contributed by atoms with Gasteiger partial charge in [-0.15, -0.1) is 0 Å². The topological polar surface area (TPSA) is 43.7 Å². The number of rotatable bonds is 7. The van der Waals surface area contributed by atoms with Crippen molar-refractivity contribution in [1.29, 1.82) is 0 Å². The number of fused-ring (bicyclic) bond motifs is 1. The van der Waals surface area contributed by atoms with Gasteiger partial charge in [0.2, 0.25) is 0 Å². The van der Waals surface area contributed by atoms with Crippen molar-refractivity contribution in [2.24, 2.45) is 0 Å². The van der Waals surface area contributed by atoms with Gasteiger partial charge in [-0.3, -0.25) is 4.79 Å². The number of halogens is 2. The second kappa shape index (κ2) is 9.82. The van der Waals surface area contributed by atoms with Crippen LogP contribution >= 0.6 is 11.6 Å². The molecule has 0 radical (unpaired) electrons. The summed E-state index contributed by atoms with van der Waals surface area (Å²) < 4.78 is 27.2. The fourth-order valence-electron chi connectivity index (χ4n) is 4.46. The van der Waals surface area contributed by atoms with E-state index in [1.807, 2.05) is 37.3 Å². The van der Waals surface area contributed by atoms with E-state index < -0.39 is 0 Å². The third-order valence-electron chi connectivity index (χ3n) is 5.91. The predicted molar refractivity (Wildman–Crippen MR) is 125 cm³/mol. The molecule has 3 aromatic rings. The van der Waals surface area contributed by atoms with Gasteiger partial charge in [-0.2, -0.15) is 0 Å². The number of esters is 1. The Bertz CT molecular complexity index is 1110. The van der Waals surface area contributed by atoms with E-state index in [-0.39, 0.29) is 24.2 Å². The summed E-state index contributed by atoms with van der Waals surface area (Å²) in [5, 5.41) is 1.72. The minimum Gasteiger partial charge on any atom is -0.494 e. The largest absolute Gasteiger partial charge is 0.494 e. The van der Waals surface area contributed by atoms with Gasteiger partial charge in [0.05, 0.1) is 25.3 Å². The van der Waals surface area contributed by atoms with Crippen LogP contribution in [0.15, 0.2) is 42.5 Å². The van der Waals surface area contributed by atoms with E-state index in [0.717, 1.165) is 42.4 Å². The highest BCUT2D eigenvalue weighted by Gasteiger charge is 2.25. The third kappa shape index (κ3) is 4.70. The molecule has 170 valence electrons. The van der Waals surface area contributed by atoms with Crippen molar-refractivity contribution in [3.8, 4) is 5.75 Å². The molecule has 1 aliphatic heterocycles. The van der Waals surface area contributed by atoms with Crippen LogP contribution in [0.2, 0.25) is 5.15 Å². The SMILES string of the molecule is CCOC(=O)Cc1ccc2cc(Cl)n(C3CCN(c4ccc(OCC)cc4F)CC3)c2c1. The van der Waals surface area contributed by atoms with Gasteiger partial charge in [0.25, 0.3) is 0 Å². The standard InChI is InChI=1S/C25H28ClFN2O3/c1-3-31-20-7-8-22(21(27)16-20)28-11-9-19(10-12-28)29-23-13-17(14-25(30)32-4-2)5-6-18(23)15-24(29)26/h5-8,13,15-16,19H,3-4,9-12,14H2,1-2H3. The van der Waals surface area contributed by atoms with Gasteiger partial charge >= 0.3 is 5.97 Å². The first-order valence-corrected chi connectivity index (χ1v) is 11.5. The number of hydrogen-bond donors (Lipinski definition) is 0. The van der Waals surface area contributed by atoms with Crippen LogP contribution in [0.4, 0.5) is 10.1 Å². The first-order valence-electron chi connectivity index (χ1n) is 11.1. The van der Waals surface area contributed by atoms with Crippen molar-refractivity contribution in [3.05, 3.63) is 59.0 Å². The molecule has 7 heteroatoms. The lowest BCUT2D eigenvalue weighted by Gasteiger charge is -2.35. The highest BCUT2D eigenvalue weighted by atomic mass is 35.5. The zero-order valence-electron chi connectivity index (χ0n) is 18.4. The van der Waals surface area contributed by atoms with E-state index in [9.17, 15) is 9.18 Å². The zero-order valence-corrected chi connectivity index (χ0v) is 19.2. The summed E-state index contributed by atoms with van der Waals surface area (Å²) in [5.41, 5.74) is 2.52. The smallest absolute Gasteiger partial charge is 0.310 e. The number of hydrogen-bond acceptors (Lipinski definition) is 4. The normalized spacial score (nSPS) is 14.7. The Morgan fingerprint density at radius 1 is 1.09 bits per heavy atom. The van der Waals surface area contributed by atoms with Crippen LogP contribution in [0.5, 0.6) is 5.75 Å². The Balaban J connectivity index is 1.51. The Morgan fingerprint density at radius 3 is 2.56 bits per heavy atom. The quantitative estimate of drug-likeness (QED) is 0.421. The van der Waals surface area contributed by atoms with Crippen molar-refractivity contribution in [1.82, 2.24) is 4.57 Å². The number of piperidine rings is 1. The maximum absolute atomic E-state index is 14.6. The van der Waals surface area contributed by atoms with Gasteiger partial charge in [0, 0.05) is 36.1 Å². The van der Waals surface area contributed by atoms with Gasteiger partial charge in [0.15, 0.2) is 0 Å². The minimum atomic E-state index is -0.262. The first-order chi connectivity index (χ1) is 15.5. The summed E-state index contributed by atoms with van der Waals surface area (Å²) in [7, 11) is 0. The Morgan fingerprint density at radius 2 is 1.88 bits per heavy atom. The average molecular weight is 459 g/mol. The lowest BCUT2D eigenvalue weighted by Crippen LogP contribution is -2.35. The van der Waals surface area contributed by atoms with Gasteiger partial charge in [-0.1, -0.05) is 23.7 Å². The van der Waals surface area contributed by atoms with Gasteiger partial charge < -0.3 is 18.9 Å². The van der Waals surface area contributed by atoms with E-state index >= 15 is 0 Å². The summed E-state index contributed by atoms with van der Waals surface area (Å²) in [6.45, 7) is 6.03. The van der Waals surface area contributed by atoms with Crippen LogP contribution in [0.3, 0.4) is 0 Å². The van der Waals surface area contributed by atoms with E-state index in [0.29, 0.717) is 29.8 Å². The van der Waals surface area contributed by atoms with E-state index in [1.165, 1.54) is 6.07 Å². The number of anilines is 1. The molecule has 1 saturated heterocycles. The number of nitrogens with zero attached hydrogens (tertiary/aromatic N) is 2. The number of aromatic nitrogens is 1. The number of carbonyl (C=O) groups is 1. The molecule has 1 fully saturated rings. The molecule has 1 aromatic heterocycles. The second-order valence-corrected chi connectivity index (χ2v) is 8.36. The molecule has 5 nitrogen and oxygen atoms in total. The van der Waals surface area contributed by atoms with Crippen molar-refractivity contribution >= 4 is 34.2 Å². The molecule has 32 heavy (non-hydrogen) atoms. The van der Waals surface area contributed by atoms with Crippen LogP contribution in [0, 0.1) is 5.82 Å². The van der Waals surface area contributed by atoms with Crippen LogP contribution in [0.1, 0.15) is 38.3 Å². The molecule has 1 aliphatic rings. The first kappa shape index (κ1) is 22.5. The maximum atomic E-state index is 14.6. The fourth-order valence-corrected chi connectivity index (χ4v) is 4.80. The zero-order chi connectivity index (χ0) is 22.7. The van der Waals surface area contributed by atoms with Gasteiger partial charge in [-0.05, 0) is 56.5 Å². The molecule has 0 atom stereocenters. The predicted octanol–water partition coefficient (Wildman–Crippen LogP) is 5.78. The summed E-state index contributed by atoms with van der Waals surface area (Å²) >= 11 is 6.62. The fraction of sp³-hybridized carbons (Fsp3) is 0.400. The van der Waals surface area contributed by atoms with Crippen LogP contribution in [0.25, 0.3) is 10.9 Å². The Kier molecular flexibility index (Phi) is 6.89. The highest BCUT2D eigenvalue weighted by Crippen LogP contribution is 2.35. The highest BCUT2D eigenvalue weighted by molar-refractivity contribution is 6.31. The Labute approximate surface area is 192 Å². The lowest BCUT2D eigenvalue weighted by molar-refractivity contribution is -0.142. The van der Waals surface area contributed by atoms with E-state index in [4.69, 9.17) is 21.1 Å². The molecule has 0 bridgehead atoms. The lowest BCUT2D eigenvalue weighted by atomic mass is 10.0. The molecule has 0 N–H and O–H groups in total. The van der Waals surface area contributed by atoms with Crippen molar-refractivity contribution in [2.75, 3.05) is 31.2 Å². The molecule has 0 unspecified atom stereocenters. The third-order valence-corrected chi connectivity index (χ3v) is 6.20.